The van der Waals surface area contributed by atoms with Gasteiger partial charge in [0.2, 0.25) is 0 Å². The van der Waals surface area contributed by atoms with Crippen molar-refractivity contribution in [2.24, 2.45) is 0 Å². The van der Waals surface area contributed by atoms with Crippen molar-refractivity contribution < 1.29 is 5.11 Å². The predicted molar refractivity (Wildman–Crippen MR) is 89.2 cm³/mol. The summed E-state index contributed by atoms with van der Waals surface area (Å²) in [5, 5.41) is 11.5. The van der Waals surface area contributed by atoms with Crippen LogP contribution in [-0.2, 0) is 13.0 Å². The fourth-order valence-corrected chi connectivity index (χ4v) is 3.28. The molecule has 0 unspecified atom stereocenters. The minimum atomic E-state index is 0.307. The lowest BCUT2D eigenvalue weighted by molar-refractivity contribution is 0.472. The molecule has 1 aliphatic heterocycles. The van der Waals surface area contributed by atoms with Gasteiger partial charge in [0, 0.05) is 35.9 Å². The summed E-state index contributed by atoms with van der Waals surface area (Å²) in [6.45, 7) is 1.74. The minimum Gasteiger partial charge on any atom is -0.505 e. The van der Waals surface area contributed by atoms with Crippen LogP contribution < -0.4 is 4.90 Å². The molecule has 0 radical (unpaired) electrons. The lowest BCUT2D eigenvalue weighted by atomic mass is 10.0. The Bertz CT molecular complexity index is 829. The van der Waals surface area contributed by atoms with Crippen LogP contribution in [0.2, 0.25) is 0 Å². The maximum atomic E-state index is 10.5. The molecule has 2 heterocycles. The molecule has 0 atom stereocenters. The van der Waals surface area contributed by atoms with E-state index >= 15 is 0 Å². The Balaban J connectivity index is 1.72. The summed E-state index contributed by atoms with van der Waals surface area (Å²) in [7, 11) is 0. The van der Waals surface area contributed by atoms with Crippen LogP contribution in [0, 0.1) is 0 Å². The number of aromatic hydroxyl groups is 1. The number of nitrogens with zero attached hydrogens (tertiary/aromatic N) is 2. The van der Waals surface area contributed by atoms with Crippen molar-refractivity contribution in [1.29, 1.82) is 0 Å². The number of hydrogen-bond donors (Lipinski definition) is 1. The van der Waals surface area contributed by atoms with E-state index in [1.165, 1.54) is 11.3 Å². The number of pyridine rings is 1. The van der Waals surface area contributed by atoms with E-state index in [2.05, 4.69) is 34.1 Å². The molecule has 1 aliphatic rings. The van der Waals surface area contributed by atoms with E-state index in [0.29, 0.717) is 11.3 Å². The molecule has 0 amide bonds. The number of phenols is 1. The predicted octanol–water partition coefficient (Wildman–Crippen LogP) is 3.89. The fourth-order valence-electron chi connectivity index (χ4n) is 3.28. The van der Waals surface area contributed by atoms with Gasteiger partial charge in [0.15, 0.2) is 0 Å². The van der Waals surface area contributed by atoms with E-state index in [-0.39, 0.29) is 0 Å². The van der Waals surface area contributed by atoms with E-state index in [1.807, 2.05) is 24.3 Å². The first-order chi connectivity index (χ1) is 10.8. The molecule has 110 valence electrons. The number of phenolic OH excluding ortho intramolecular Hbond substituents is 1. The number of aromatic nitrogens is 1. The Hall–Kier alpha value is -2.55. The Morgan fingerprint density at radius 1 is 1.05 bits per heavy atom. The monoisotopic (exact) mass is 290 g/mol. The maximum Gasteiger partial charge on any atom is 0.146 e. The van der Waals surface area contributed by atoms with Gasteiger partial charge in [0.25, 0.3) is 0 Å². The van der Waals surface area contributed by atoms with Gasteiger partial charge >= 0.3 is 0 Å². The summed E-state index contributed by atoms with van der Waals surface area (Å²) < 4.78 is 0. The van der Waals surface area contributed by atoms with Crippen molar-refractivity contribution in [3.8, 4) is 5.75 Å². The molecular weight excluding hydrogens is 272 g/mol. The molecule has 2 aromatic carbocycles. The van der Waals surface area contributed by atoms with Crippen LogP contribution in [0.15, 0.2) is 54.7 Å². The van der Waals surface area contributed by atoms with Crippen LogP contribution in [0.4, 0.5) is 5.69 Å². The standard InChI is InChI=1S/C19H18N2O/c22-19-16(10-9-15-6-3-11-20-18(15)19)13-21-12-4-7-14-5-1-2-8-17(14)21/h1-3,5-6,8-11,22H,4,7,12-13H2. The quantitative estimate of drug-likeness (QED) is 0.778. The summed E-state index contributed by atoms with van der Waals surface area (Å²) in [6.07, 6.45) is 4.02. The van der Waals surface area contributed by atoms with Crippen LogP contribution in [0.25, 0.3) is 10.9 Å². The topological polar surface area (TPSA) is 36.4 Å². The third-order valence-electron chi connectivity index (χ3n) is 4.40. The molecule has 0 bridgehead atoms. The van der Waals surface area contributed by atoms with E-state index in [9.17, 15) is 5.11 Å². The molecule has 0 fully saturated rings. The highest BCUT2D eigenvalue weighted by molar-refractivity contribution is 5.85. The van der Waals surface area contributed by atoms with Gasteiger partial charge in [0.1, 0.15) is 11.3 Å². The zero-order valence-electron chi connectivity index (χ0n) is 12.4. The Morgan fingerprint density at radius 2 is 1.95 bits per heavy atom. The highest BCUT2D eigenvalue weighted by Crippen LogP contribution is 2.32. The minimum absolute atomic E-state index is 0.307. The van der Waals surface area contributed by atoms with E-state index in [1.54, 1.807) is 6.20 Å². The van der Waals surface area contributed by atoms with Gasteiger partial charge in [-0.2, -0.15) is 0 Å². The number of hydrogen-bond acceptors (Lipinski definition) is 3. The maximum absolute atomic E-state index is 10.5. The molecule has 0 spiro atoms. The van der Waals surface area contributed by atoms with Gasteiger partial charge in [-0.25, -0.2) is 0 Å². The number of anilines is 1. The van der Waals surface area contributed by atoms with Crippen molar-refractivity contribution in [2.45, 2.75) is 19.4 Å². The second-order valence-corrected chi connectivity index (χ2v) is 5.80. The largest absolute Gasteiger partial charge is 0.505 e. The number of rotatable bonds is 2. The molecule has 0 saturated carbocycles. The van der Waals surface area contributed by atoms with Crippen LogP contribution in [-0.4, -0.2) is 16.6 Å². The van der Waals surface area contributed by atoms with Gasteiger partial charge in [-0.15, -0.1) is 0 Å². The summed E-state index contributed by atoms with van der Waals surface area (Å²) in [5.74, 6) is 0.307. The molecule has 3 aromatic rings. The SMILES string of the molecule is Oc1c(CN2CCCc3ccccc32)ccc2cccnc12. The van der Waals surface area contributed by atoms with E-state index < -0.39 is 0 Å². The number of fused-ring (bicyclic) bond motifs is 2. The Morgan fingerprint density at radius 3 is 2.91 bits per heavy atom. The van der Waals surface area contributed by atoms with Gasteiger partial charge in [0.05, 0.1) is 0 Å². The molecule has 22 heavy (non-hydrogen) atoms. The normalized spacial score (nSPS) is 14.1. The van der Waals surface area contributed by atoms with Crippen molar-refractivity contribution in [3.63, 3.8) is 0 Å². The van der Waals surface area contributed by atoms with E-state index in [0.717, 1.165) is 36.9 Å². The molecule has 0 saturated heterocycles. The summed E-state index contributed by atoms with van der Waals surface area (Å²) >= 11 is 0. The number of aryl methyl sites for hydroxylation is 1. The summed E-state index contributed by atoms with van der Waals surface area (Å²) in [4.78, 5) is 6.66. The lowest BCUT2D eigenvalue weighted by Gasteiger charge is -2.31. The van der Waals surface area contributed by atoms with Gasteiger partial charge < -0.3 is 10.0 Å². The average molecular weight is 290 g/mol. The van der Waals surface area contributed by atoms with Crippen molar-refractivity contribution in [3.05, 3.63) is 65.9 Å². The third-order valence-corrected chi connectivity index (χ3v) is 4.40. The number of para-hydroxylation sites is 1. The van der Waals surface area contributed by atoms with Gasteiger partial charge in [-0.05, 0) is 30.5 Å². The first-order valence-electron chi connectivity index (χ1n) is 7.71. The molecule has 3 nitrogen and oxygen atoms in total. The van der Waals surface area contributed by atoms with Crippen molar-refractivity contribution >= 4 is 16.6 Å². The molecular formula is C19H18N2O. The highest BCUT2D eigenvalue weighted by atomic mass is 16.3. The van der Waals surface area contributed by atoms with Crippen molar-refractivity contribution in [2.75, 3.05) is 11.4 Å². The fraction of sp³-hybridized carbons (Fsp3) is 0.211. The average Bonchev–Trinajstić information content (AvgIpc) is 2.58. The second kappa shape index (κ2) is 5.34. The third kappa shape index (κ3) is 2.19. The van der Waals surface area contributed by atoms with Gasteiger partial charge in [-0.3, -0.25) is 4.98 Å². The summed E-state index contributed by atoms with van der Waals surface area (Å²) in [5.41, 5.74) is 4.30. The summed E-state index contributed by atoms with van der Waals surface area (Å²) in [6, 6.07) is 16.5. The number of benzene rings is 2. The van der Waals surface area contributed by atoms with Crippen LogP contribution >= 0.6 is 0 Å². The first-order valence-corrected chi connectivity index (χ1v) is 7.71. The van der Waals surface area contributed by atoms with E-state index in [4.69, 9.17) is 0 Å². The molecule has 3 heteroatoms. The molecule has 0 aliphatic carbocycles. The van der Waals surface area contributed by atoms with Crippen LogP contribution in [0.3, 0.4) is 0 Å². The van der Waals surface area contributed by atoms with Crippen LogP contribution in [0.5, 0.6) is 5.75 Å². The second-order valence-electron chi connectivity index (χ2n) is 5.80. The molecule has 1 N–H and O–H groups in total. The van der Waals surface area contributed by atoms with Crippen molar-refractivity contribution in [1.82, 2.24) is 4.98 Å². The lowest BCUT2D eigenvalue weighted by Crippen LogP contribution is -2.28. The first kappa shape index (κ1) is 13.1. The zero-order chi connectivity index (χ0) is 14.9. The smallest absolute Gasteiger partial charge is 0.146 e. The molecule has 1 aromatic heterocycles. The Labute approximate surface area is 129 Å². The Kier molecular flexibility index (Phi) is 3.19. The zero-order valence-corrected chi connectivity index (χ0v) is 12.4. The van der Waals surface area contributed by atoms with Crippen LogP contribution in [0.1, 0.15) is 17.5 Å². The highest BCUT2D eigenvalue weighted by Gasteiger charge is 2.18. The molecule has 4 rings (SSSR count). The van der Waals surface area contributed by atoms with Gasteiger partial charge in [-0.1, -0.05) is 36.4 Å².